The average molecular weight is 269 g/mol. The summed E-state index contributed by atoms with van der Waals surface area (Å²) >= 11 is 11.1. The molecule has 0 aromatic heterocycles. The predicted molar refractivity (Wildman–Crippen MR) is 69.3 cm³/mol. The van der Waals surface area contributed by atoms with Gasteiger partial charge in [-0.2, -0.15) is 0 Å². The number of carbonyl (C=O) groups is 1. The zero-order valence-corrected chi connectivity index (χ0v) is 11.4. The molecule has 0 amide bonds. The predicted octanol–water partition coefficient (Wildman–Crippen LogP) is 4.13. The van der Waals surface area contributed by atoms with Crippen molar-refractivity contribution in [3.63, 3.8) is 0 Å². The fourth-order valence-corrected chi connectivity index (χ4v) is 1.73. The van der Waals surface area contributed by atoms with Gasteiger partial charge in [0.15, 0.2) is 0 Å². The molecule has 4 heteroatoms. The molecular formula is C12H22Cl2O2. The van der Waals surface area contributed by atoms with E-state index in [1.165, 1.54) is 0 Å². The van der Waals surface area contributed by atoms with E-state index in [0.29, 0.717) is 18.9 Å². The van der Waals surface area contributed by atoms with Gasteiger partial charge in [-0.3, -0.25) is 4.79 Å². The molecule has 16 heavy (non-hydrogen) atoms. The van der Waals surface area contributed by atoms with Crippen LogP contribution >= 0.6 is 23.2 Å². The van der Waals surface area contributed by atoms with Crippen LogP contribution in [0, 0.1) is 0 Å². The van der Waals surface area contributed by atoms with Crippen LogP contribution in [0.25, 0.3) is 0 Å². The largest absolute Gasteiger partial charge is 0.466 e. The topological polar surface area (TPSA) is 26.3 Å². The Labute approximate surface area is 109 Å². The maximum absolute atomic E-state index is 11.2. The second-order valence-corrected chi connectivity index (χ2v) is 4.58. The lowest BCUT2D eigenvalue weighted by molar-refractivity contribution is -0.143. The molecule has 0 aromatic carbocycles. The quantitative estimate of drug-likeness (QED) is 0.320. The highest BCUT2D eigenvalue weighted by Crippen LogP contribution is 2.04. The van der Waals surface area contributed by atoms with Crippen LogP contribution in [0.3, 0.4) is 0 Å². The molecule has 0 fully saturated rings. The molecule has 0 aliphatic rings. The summed E-state index contributed by atoms with van der Waals surface area (Å²) in [5, 5.41) is 0. The van der Waals surface area contributed by atoms with Crippen LogP contribution in [-0.2, 0) is 9.53 Å². The van der Waals surface area contributed by atoms with Gasteiger partial charge in [0.25, 0.3) is 0 Å². The van der Waals surface area contributed by atoms with Crippen molar-refractivity contribution in [2.75, 3.05) is 18.4 Å². The first-order chi connectivity index (χ1) is 7.81. The second kappa shape index (κ2) is 13.1. The molecule has 0 bridgehead atoms. The summed E-state index contributed by atoms with van der Waals surface area (Å²) in [7, 11) is 0. The van der Waals surface area contributed by atoms with Gasteiger partial charge in [-0.1, -0.05) is 19.3 Å². The Hall–Kier alpha value is 0.0500. The Morgan fingerprint density at radius 3 is 2.00 bits per heavy atom. The van der Waals surface area contributed by atoms with Crippen LogP contribution in [0.2, 0.25) is 0 Å². The van der Waals surface area contributed by atoms with E-state index in [0.717, 1.165) is 50.8 Å². The summed E-state index contributed by atoms with van der Waals surface area (Å²) in [6.45, 7) is 0.552. The number of rotatable bonds is 11. The van der Waals surface area contributed by atoms with Gasteiger partial charge in [0.05, 0.1) is 6.61 Å². The van der Waals surface area contributed by atoms with Crippen molar-refractivity contribution in [2.24, 2.45) is 0 Å². The highest BCUT2D eigenvalue weighted by molar-refractivity contribution is 6.18. The molecule has 0 saturated heterocycles. The van der Waals surface area contributed by atoms with Crippen LogP contribution in [0.4, 0.5) is 0 Å². The first-order valence-electron chi connectivity index (χ1n) is 6.08. The zero-order chi connectivity index (χ0) is 12.1. The molecular weight excluding hydrogens is 247 g/mol. The summed E-state index contributed by atoms with van der Waals surface area (Å²) in [5.74, 6) is 1.32. The molecule has 0 radical (unpaired) electrons. The SMILES string of the molecule is O=C(CCCCCCl)OCCCCCCCl. The molecule has 0 rings (SSSR count). The highest BCUT2D eigenvalue weighted by Gasteiger charge is 2.01. The number of carbonyl (C=O) groups excluding carboxylic acids is 1. The van der Waals surface area contributed by atoms with E-state index in [4.69, 9.17) is 27.9 Å². The van der Waals surface area contributed by atoms with Crippen LogP contribution in [0.15, 0.2) is 0 Å². The fourth-order valence-electron chi connectivity index (χ4n) is 1.35. The molecule has 0 saturated carbocycles. The Kier molecular flexibility index (Phi) is 13.2. The van der Waals surface area contributed by atoms with E-state index in [1.807, 2.05) is 0 Å². The third-order valence-electron chi connectivity index (χ3n) is 2.31. The van der Waals surface area contributed by atoms with Crippen molar-refractivity contribution in [3.8, 4) is 0 Å². The molecule has 0 aliphatic heterocycles. The number of halogens is 2. The highest BCUT2D eigenvalue weighted by atomic mass is 35.5. The number of hydrogen-bond donors (Lipinski definition) is 0. The van der Waals surface area contributed by atoms with Gasteiger partial charge in [0.2, 0.25) is 0 Å². The molecule has 0 N–H and O–H groups in total. The standard InChI is InChI=1S/C12H22Cl2O2/c13-9-5-1-2-7-11-16-12(15)8-4-3-6-10-14/h1-11H2. The lowest BCUT2D eigenvalue weighted by Gasteiger charge is -2.04. The van der Waals surface area contributed by atoms with Crippen LogP contribution < -0.4 is 0 Å². The molecule has 0 heterocycles. The minimum Gasteiger partial charge on any atom is -0.466 e. The van der Waals surface area contributed by atoms with Gasteiger partial charge in [-0.15, -0.1) is 23.2 Å². The normalized spacial score (nSPS) is 10.4. The maximum atomic E-state index is 11.2. The third-order valence-corrected chi connectivity index (χ3v) is 2.84. The molecule has 96 valence electrons. The second-order valence-electron chi connectivity index (χ2n) is 3.82. The number of unbranched alkanes of at least 4 members (excludes halogenated alkanes) is 5. The van der Waals surface area contributed by atoms with E-state index in [-0.39, 0.29) is 5.97 Å². The summed E-state index contributed by atoms with van der Waals surface area (Å²) in [6, 6.07) is 0. The van der Waals surface area contributed by atoms with Crippen molar-refractivity contribution < 1.29 is 9.53 Å². The first-order valence-corrected chi connectivity index (χ1v) is 7.15. The van der Waals surface area contributed by atoms with Crippen molar-refractivity contribution in [3.05, 3.63) is 0 Å². The van der Waals surface area contributed by atoms with Crippen LogP contribution in [-0.4, -0.2) is 24.3 Å². The first kappa shape index (κ1) is 16.1. The van der Waals surface area contributed by atoms with E-state index < -0.39 is 0 Å². The van der Waals surface area contributed by atoms with Crippen molar-refractivity contribution in [1.82, 2.24) is 0 Å². The van der Waals surface area contributed by atoms with E-state index in [9.17, 15) is 4.79 Å². The van der Waals surface area contributed by atoms with Crippen molar-refractivity contribution >= 4 is 29.2 Å². The number of alkyl halides is 2. The fraction of sp³-hybridized carbons (Fsp3) is 0.917. The minimum atomic E-state index is -0.0769. The smallest absolute Gasteiger partial charge is 0.305 e. The van der Waals surface area contributed by atoms with Gasteiger partial charge in [0, 0.05) is 18.2 Å². The lowest BCUT2D eigenvalue weighted by atomic mass is 10.2. The number of ether oxygens (including phenoxy) is 1. The van der Waals surface area contributed by atoms with Crippen molar-refractivity contribution in [2.45, 2.75) is 51.4 Å². The lowest BCUT2D eigenvalue weighted by Crippen LogP contribution is -2.05. The Morgan fingerprint density at radius 1 is 0.812 bits per heavy atom. The van der Waals surface area contributed by atoms with Gasteiger partial charge < -0.3 is 4.74 Å². The molecule has 0 aromatic rings. The minimum absolute atomic E-state index is 0.0769. The summed E-state index contributed by atoms with van der Waals surface area (Å²) in [4.78, 5) is 11.2. The maximum Gasteiger partial charge on any atom is 0.305 e. The van der Waals surface area contributed by atoms with Gasteiger partial charge >= 0.3 is 5.97 Å². The van der Waals surface area contributed by atoms with E-state index in [2.05, 4.69) is 0 Å². The third kappa shape index (κ3) is 12.1. The number of esters is 1. The Bertz CT molecular complexity index is 163. The van der Waals surface area contributed by atoms with Gasteiger partial charge in [-0.05, 0) is 25.7 Å². The van der Waals surface area contributed by atoms with Gasteiger partial charge in [0.1, 0.15) is 0 Å². The number of hydrogen-bond acceptors (Lipinski definition) is 2. The van der Waals surface area contributed by atoms with Crippen molar-refractivity contribution in [1.29, 1.82) is 0 Å². The summed E-state index contributed by atoms with van der Waals surface area (Å²) < 4.78 is 5.10. The molecule has 0 atom stereocenters. The average Bonchev–Trinajstić information content (AvgIpc) is 2.29. The van der Waals surface area contributed by atoms with Gasteiger partial charge in [-0.25, -0.2) is 0 Å². The van der Waals surface area contributed by atoms with E-state index >= 15 is 0 Å². The monoisotopic (exact) mass is 268 g/mol. The van der Waals surface area contributed by atoms with Crippen LogP contribution in [0.1, 0.15) is 51.4 Å². The van der Waals surface area contributed by atoms with Crippen LogP contribution in [0.5, 0.6) is 0 Å². The molecule has 2 nitrogen and oxygen atoms in total. The Morgan fingerprint density at radius 2 is 1.38 bits per heavy atom. The Balaban J connectivity index is 3.11. The molecule has 0 unspecified atom stereocenters. The summed E-state index contributed by atoms with van der Waals surface area (Å²) in [6.07, 6.45) is 7.61. The molecule has 0 aliphatic carbocycles. The zero-order valence-electron chi connectivity index (χ0n) is 9.85. The molecule has 0 spiro atoms. The van der Waals surface area contributed by atoms with E-state index in [1.54, 1.807) is 0 Å². The summed E-state index contributed by atoms with van der Waals surface area (Å²) in [5.41, 5.74) is 0.